The van der Waals surface area contributed by atoms with Crippen molar-refractivity contribution in [2.45, 2.75) is 44.3 Å². The first-order valence-electron chi connectivity index (χ1n) is 17.2. The van der Waals surface area contributed by atoms with E-state index in [0.717, 1.165) is 61.8 Å². The van der Waals surface area contributed by atoms with Crippen LogP contribution in [0.15, 0.2) is 43.6 Å². The minimum absolute atomic E-state index is 0.0406. The maximum Gasteiger partial charge on any atom is 0.422 e. The van der Waals surface area contributed by atoms with Crippen LogP contribution < -0.4 is 14.5 Å². The van der Waals surface area contributed by atoms with Gasteiger partial charge >= 0.3 is 6.18 Å². The summed E-state index contributed by atoms with van der Waals surface area (Å²) in [7, 11) is 2.15. The minimum atomic E-state index is -4.58. The van der Waals surface area contributed by atoms with Gasteiger partial charge in [-0.05, 0) is 81.1 Å². The Morgan fingerprint density at radius 2 is 1.78 bits per heavy atom. The lowest BCUT2D eigenvalue weighted by Gasteiger charge is -2.54. The third kappa shape index (κ3) is 5.28. The summed E-state index contributed by atoms with van der Waals surface area (Å²) in [5.74, 6) is 1.15. The van der Waals surface area contributed by atoms with Crippen molar-refractivity contribution in [2.75, 3.05) is 69.3 Å². The van der Waals surface area contributed by atoms with Crippen molar-refractivity contribution >= 4 is 45.6 Å². The van der Waals surface area contributed by atoms with Crippen LogP contribution in [0.2, 0.25) is 0 Å². The van der Waals surface area contributed by atoms with Gasteiger partial charge in [-0.2, -0.15) is 23.3 Å². The number of amides is 1. The number of piperidine rings is 1. The van der Waals surface area contributed by atoms with Crippen LogP contribution in [-0.2, 0) is 4.79 Å². The van der Waals surface area contributed by atoms with E-state index in [4.69, 9.17) is 14.7 Å². The van der Waals surface area contributed by atoms with E-state index in [-0.39, 0.29) is 22.6 Å². The molecule has 1 amide bonds. The fourth-order valence-electron chi connectivity index (χ4n) is 8.62. The van der Waals surface area contributed by atoms with Crippen LogP contribution in [0.3, 0.4) is 0 Å². The van der Waals surface area contributed by atoms with Gasteiger partial charge in [0, 0.05) is 61.0 Å². The summed E-state index contributed by atoms with van der Waals surface area (Å²) in [6, 6.07) is 5.76. The molecule has 8 rings (SSSR count). The number of aromatic nitrogens is 4. The highest BCUT2D eigenvalue weighted by atomic mass is 19.4. The lowest BCUT2D eigenvalue weighted by molar-refractivity contribution is -0.153. The van der Waals surface area contributed by atoms with Crippen LogP contribution in [0.25, 0.3) is 39.0 Å². The van der Waals surface area contributed by atoms with Crippen molar-refractivity contribution in [3.8, 4) is 16.9 Å². The lowest BCUT2D eigenvalue weighted by Crippen LogP contribution is -2.67. The van der Waals surface area contributed by atoms with E-state index in [2.05, 4.69) is 45.1 Å². The van der Waals surface area contributed by atoms with E-state index in [9.17, 15) is 18.0 Å². The molecule has 0 unspecified atom stereocenters. The Morgan fingerprint density at radius 3 is 2.44 bits per heavy atom. The number of anilines is 2. The van der Waals surface area contributed by atoms with Crippen LogP contribution >= 0.6 is 0 Å². The number of halogens is 3. The number of benzene rings is 2. The number of hydrogen-bond acceptors (Lipinski definition) is 8. The summed E-state index contributed by atoms with van der Waals surface area (Å²) in [5.41, 5.74) is 3.86. The second kappa shape index (κ2) is 11.7. The second-order valence-corrected chi connectivity index (χ2v) is 14.6. The molecular weight excluding hydrogens is 645 g/mol. The molecule has 4 fully saturated rings. The number of aromatic amines is 1. The normalized spacial score (nSPS) is 20.1. The summed E-state index contributed by atoms with van der Waals surface area (Å²) in [6.45, 7) is 13.4. The van der Waals surface area contributed by atoms with Crippen LogP contribution in [0.1, 0.15) is 36.8 Å². The molecule has 4 aliphatic rings. The van der Waals surface area contributed by atoms with Crippen LogP contribution in [0.4, 0.5) is 24.9 Å². The fourth-order valence-corrected chi connectivity index (χ4v) is 8.62. The molecule has 6 heterocycles. The van der Waals surface area contributed by atoms with Crippen molar-refractivity contribution in [1.29, 1.82) is 0 Å². The molecule has 50 heavy (non-hydrogen) atoms. The fraction of sp³-hybridized carbons (Fsp3) is 0.459. The van der Waals surface area contributed by atoms with E-state index in [0.29, 0.717) is 65.5 Å². The highest BCUT2D eigenvalue weighted by molar-refractivity contribution is 6.07. The Labute approximate surface area is 288 Å². The molecule has 0 saturated carbocycles. The largest absolute Gasteiger partial charge is 0.481 e. The standard InChI is InChI=1S/C37H41F3N8O2/c1-5-24-16-25-31(32(50-22-37(38,39)40)30(24)29-23(3)8-9-27-26(29)17-41-44-27)42-34(48-20-36(21-48)10-7-13-45(36)4)43-33(25)46-14-11-35(12-15-46)18-47(19-35)28(49)6-2/h5-6,8-9,16-17H,1-2,7,10-15,18-22H2,3-4H3,(H,41,44). The number of alkyl halides is 3. The highest BCUT2D eigenvalue weighted by Crippen LogP contribution is 2.48. The van der Waals surface area contributed by atoms with Crippen molar-refractivity contribution in [1.82, 2.24) is 30.0 Å². The molecule has 4 saturated heterocycles. The summed E-state index contributed by atoms with van der Waals surface area (Å²) in [6.07, 6.45) is 4.05. The number of carbonyl (C=O) groups excluding carboxylic acids is 1. The molecule has 2 aromatic carbocycles. The summed E-state index contributed by atoms with van der Waals surface area (Å²) in [4.78, 5) is 31.0. The molecule has 13 heteroatoms. The smallest absolute Gasteiger partial charge is 0.422 e. The average molecular weight is 687 g/mol. The number of aryl methyl sites for hydroxylation is 1. The molecule has 0 atom stereocenters. The Balaban J connectivity index is 1.28. The van der Waals surface area contributed by atoms with Gasteiger partial charge < -0.3 is 19.4 Å². The Morgan fingerprint density at radius 1 is 1.02 bits per heavy atom. The van der Waals surface area contributed by atoms with Gasteiger partial charge in [0.25, 0.3) is 0 Å². The molecule has 2 aromatic heterocycles. The maximum absolute atomic E-state index is 14.0. The Bertz CT molecular complexity index is 2020. The number of hydrogen-bond donors (Lipinski definition) is 1. The van der Waals surface area contributed by atoms with Crippen molar-refractivity contribution in [2.24, 2.45) is 5.41 Å². The summed E-state index contributed by atoms with van der Waals surface area (Å²) >= 11 is 0. The zero-order chi connectivity index (χ0) is 35.0. The van der Waals surface area contributed by atoms with Crippen LogP contribution in [0, 0.1) is 12.3 Å². The maximum atomic E-state index is 14.0. The average Bonchev–Trinajstić information content (AvgIpc) is 3.70. The van der Waals surface area contributed by atoms with Crippen molar-refractivity contribution in [3.63, 3.8) is 0 Å². The molecule has 0 radical (unpaired) electrons. The molecule has 4 aromatic rings. The SMILES string of the molecule is C=CC(=O)N1CC2(CCN(c3nc(N4CC5(CCCN5C)C4)nc4c(OCC(F)(F)F)c(-c5c(C)ccc6[nH]ncc56)c(C=C)cc34)CC2)C1. The van der Waals surface area contributed by atoms with Gasteiger partial charge in [0.1, 0.15) is 11.3 Å². The summed E-state index contributed by atoms with van der Waals surface area (Å²) in [5, 5.41) is 8.60. The number of fused-ring (bicyclic) bond motifs is 2. The van der Waals surface area contributed by atoms with Gasteiger partial charge in [-0.15, -0.1) is 0 Å². The number of carbonyl (C=O) groups is 1. The van der Waals surface area contributed by atoms with Crippen molar-refractivity contribution < 1.29 is 22.7 Å². The molecule has 0 aliphatic carbocycles. The first-order valence-corrected chi connectivity index (χ1v) is 17.2. The number of likely N-dealkylation sites (tertiary alicyclic amines) is 2. The van der Waals surface area contributed by atoms with E-state index in [1.165, 1.54) is 6.08 Å². The first kappa shape index (κ1) is 32.5. The molecule has 262 valence electrons. The Hall–Kier alpha value is -4.65. The van der Waals surface area contributed by atoms with E-state index >= 15 is 0 Å². The third-order valence-corrected chi connectivity index (χ3v) is 11.5. The number of ether oxygens (including phenoxy) is 1. The predicted molar refractivity (Wildman–Crippen MR) is 188 cm³/mol. The van der Waals surface area contributed by atoms with Crippen LogP contribution in [0.5, 0.6) is 5.75 Å². The number of nitrogens with one attached hydrogen (secondary N) is 1. The Kier molecular flexibility index (Phi) is 7.63. The minimum Gasteiger partial charge on any atom is -0.481 e. The van der Waals surface area contributed by atoms with Gasteiger partial charge in [0.2, 0.25) is 11.9 Å². The van der Waals surface area contributed by atoms with Crippen LogP contribution in [-0.4, -0.2) is 107 Å². The van der Waals surface area contributed by atoms with Gasteiger partial charge in [0.15, 0.2) is 12.4 Å². The van der Waals surface area contributed by atoms with Gasteiger partial charge in [-0.25, -0.2) is 4.98 Å². The number of H-pyrrole nitrogens is 1. The number of rotatable bonds is 7. The van der Waals surface area contributed by atoms with Gasteiger partial charge in [-0.1, -0.05) is 25.3 Å². The zero-order valence-electron chi connectivity index (χ0n) is 28.4. The molecule has 4 aliphatic heterocycles. The molecule has 1 N–H and O–H groups in total. The van der Waals surface area contributed by atoms with E-state index < -0.39 is 12.8 Å². The second-order valence-electron chi connectivity index (χ2n) is 14.6. The number of nitrogens with zero attached hydrogens (tertiary/aromatic N) is 7. The zero-order valence-corrected chi connectivity index (χ0v) is 28.4. The quantitative estimate of drug-likeness (QED) is 0.238. The first-order chi connectivity index (χ1) is 23.9. The third-order valence-electron chi connectivity index (χ3n) is 11.5. The van der Waals surface area contributed by atoms with Gasteiger partial charge in [-0.3, -0.25) is 14.8 Å². The molecule has 2 spiro atoms. The van der Waals surface area contributed by atoms with E-state index in [1.807, 2.05) is 30.0 Å². The van der Waals surface area contributed by atoms with Crippen molar-refractivity contribution in [3.05, 3.63) is 54.8 Å². The summed E-state index contributed by atoms with van der Waals surface area (Å²) < 4.78 is 47.7. The molecule has 10 nitrogen and oxygen atoms in total. The highest BCUT2D eigenvalue weighted by Gasteiger charge is 2.50. The topological polar surface area (TPSA) is 93.7 Å². The molecular formula is C37H41F3N8O2. The molecule has 0 bridgehead atoms. The monoisotopic (exact) mass is 686 g/mol. The predicted octanol–water partition coefficient (Wildman–Crippen LogP) is 5.96. The number of likely N-dealkylation sites (N-methyl/N-ethyl adjacent to an activating group) is 1. The van der Waals surface area contributed by atoms with Gasteiger partial charge in [0.05, 0.1) is 17.3 Å². The van der Waals surface area contributed by atoms with E-state index in [1.54, 1.807) is 12.3 Å². The lowest BCUT2D eigenvalue weighted by atomic mass is 9.72.